The molecule has 0 saturated carbocycles. The van der Waals surface area contributed by atoms with Crippen LogP contribution in [0.5, 0.6) is 5.75 Å². The molecule has 2 aliphatic rings. The summed E-state index contributed by atoms with van der Waals surface area (Å²) in [5.74, 6) is 0.893. The predicted molar refractivity (Wildman–Crippen MR) is 129 cm³/mol. The number of hydrazone groups is 1. The molecule has 6 rings (SSSR count). The van der Waals surface area contributed by atoms with Gasteiger partial charge < -0.3 is 4.74 Å². The van der Waals surface area contributed by atoms with Crippen molar-refractivity contribution in [3.05, 3.63) is 111 Å². The van der Waals surface area contributed by atoms with Gasteiger partial charge in [0.2, 0.25) is 6.23 Å². The molecule has 0 saturated heterocycles. The van der Waals surface area contributed by atoms with Gasteiger partial charge in [0, 0.05) is 27.0 Å². The van der Waals surface area contributed by atoms with Crippen LogP contribution < -0.4 is 4.74 Å². The normalized spacial score (nSPS) is 19.5. The Kier molecular flexibility index (Phi) is 4.51. The summed E-state index contributed by atoms with van der Waals surface area (Å²) in [6, 6.07) is 29.1. The van der Waals surface area contributed by atoms with E-state index in [9.17, 15) is 0 Å². The van der Waals surface area contributed by atoms with Crippen molar-refractivity contribution in [1.82, 2.24) is 5.01 Å². The summed E-state index contributed by atoms with van der Waals surface area (Å²) in [4.78, 5) is 0. The van der Waals surface area contributed by atoms with Crippen molar-refractivity contribution in [3.63, 3.8) is 0 Å². The van der Waals surface area contributed by atoms with Gasteiger partial charge in [-0.1, -0.05) is 76.1 Å². The lowest BCUT2D eigenvalue weighted by molar-refractivity contribution is -0.0190. The number of rotatable bonds is 2. The molecule has 3 nitrogen and oxygen atoms in total. The Morgan fingerprint density at radius 2 is 1.77 bits per heavy atom. The molecule has 31 heavy (non-hydrogen) atoms. The summed E-state index contributed by atoms with van der Waals surface area (Å²) in [5, 5.41) is 10.3. The van der Waals surface area contributed by atoms with E-state index in [-0.39, 0.29) is 12.3 Å². The summed E-state index contributed by atoms with van der Waals surface area (Å²) in [7, 11) is 0. The van der Waals surface area contributed by atoms with E-state index >= 15 is 0 Å². The fourth-order valence-electron chi connectivity index (χ4n) is 4.48. The Hall–Kier alpha value is -2.82. The highest BCUT2D eigenvalue weighted by molar-refractivity contribution is 9.10. The van der Waals surface area contributed by atoms with Gasteiger partial charge >= 0.3 is 0 Å². The molecule has 0 fully saturated rings. The van der Waals surface area contributed by atoms with Gasteiger partial charge in [-0.3, -0.25) is 0 Å². The molecular formula is C26H18BrClN2O. The first-order valence-corrected chi connectivity index (χ1v) is 11.4. The second kappa shape index (κ2) is 7.40. The minimum absolute atomic E-state index is 0.103. The molecule has 0 spiro atoms. The quantitative estimate of drug-likeness (QED) is 0.291. The molecular weight excluding hydrogens is 472 g/mol. The molecule has 0 aromatic heterocycles. The first-order valence-electron chi connectivity index (χ1n) is 10.2. The molecule has 152 valence electrons. The van der Waals surface area contributed by atoms with Gasteiger partial charge in [0.05, 0.1) is 11.8 Å². The Morgan fingerprint density at radius 3 is 2.65 bits per heavy atom. The van der Waals surface area contributed by atoms with Crippen LogP contribution in [0.25, 0.3) is 10.8 Å². The highest BCUT2D eigenvalue weighted by Gasteiger charge is 2.41. The fourth-order valence-corrected chi connectivity index (χ4v) is 5.06. The number of ether oxygens (including phenoxy) is 1. The van der Waals surface area contributed by atoms with E-state index in [1.165, 1.54) is 10.8 Å². The summed E-state index contributed by atoms with van der Waals surface area (Å²) in [6.45, 7) is 0. The van der Waals surface area contributed by atoms with Crippen LogP contribution in [0.15, 0.2) is 94.5 Å². The number of halogens is 2. The minimum atomic E-state index is -0.324. The number of benzene rings is 4. The van der Waals surface area contributed by atoms with Crippen LogP contribution in [0, 0.1) is 0 Å². The molecule has 0 amide bonds. The van der Waals surface area contributed by atoms with E-state index in [1.54, 1.807) is 0 Å². The van der Waals surface area contributed by atoms with Crippen LogP contribution in [-0.4, -0.2) is 10.7 Å². The van der Waals surface area contributed by atoms with Crippen LogP contribution >= 0.6 is 27.5 Å². The summed E-state index contributed by atoms with van der Waals surface area (Å²) < 4.78 is 7.47. The summed E-state index contributed by atoms with van der Waals surface area (Å²) in [5.41, 5.74) is 4.36. The lowest BCUT2D eigenvalue weighted by Crippen LogP contribution is -2.33. The summed E-state index contributed by atoms with van der Waals surface area (Å²) in [6.07, 6.45) is 0.498. The van der Waals surface area contributed by atoms with Gasteiger partial charge in [-0.2, -0.15) is 5.10 Å². The Labute approximate surface area is 194 Å². The highest BCUT2D eigenvalue weighted by atomic mass is 79.9. The number of hydrogen-bond acceptors (Lipinski definition) is 3. The first kappa shape index (κ1) is 18.9. The zero-order chi connectivity index (χ0) is 20.9. The third-order valence-electron chi connectivity index (χ3n) is 5.97. The van der Waals surface area contributed by atoms with Crippen molar-refractivity contribution in [2.45, 2.75) is 18.7 Å². The molecule has 2 atom stereocenters. The third-order valence-corrected chi connectivity index (χ3v) is 6.70. The molecule has 0 radical (unpaired) electrons. The maximum atomic E-state index is 6.44. The smallest absolute Gasteiger partial charge is 0.213 e. The molecule has 5 heteroatoms. The molecule has 2 heterocycles. The molecule has 0 N–H and O–H groups in total. The Morgan fingerprint density at radius 1 is 0.903 bits per heavy atom. The topological polar surface area (TPSA) is 24.8 Å². The van der Waals surface area contributed by atoms with Crippen LogP contribution in [-0.2, 0) is 0 Å². The van der Waals surface area contributed by atoms with Crippen molar-refractivity contribution in [2.24, 2.45) is 5.10 Å². The summed E-state index contributed by atoms with van der Waals surface area (Å²) >= 11 is 9.91. The van der Waals surface area contributed by atoms with Gasteiger partial charge in [0.25, 0.3) is 0 Å². The maximum absolute atomic E-state index is 6.44. The third kappa shape index (κ3) is 3.31. The predicted octanol–water partition coefficient (Wildman–Crippen LogP) is 7.50. The Bertz CT molecular complexity index is 1350. The van der Waals surface area contributed by atoms with Crippen molar-refractivity contribution in [2.75, 3.05) is 0 Å². The number of fused-ring (bicyclic) bond motifs is 4. The largest absolute Gasteiger partial charge is 0.464 e. The second-order valence-electron chi connectivity index (χ2n) is 7.92. The van der Waals surface area contributed by atoms with Gasteiger partial charge in [-0.25, -0.2) is 5.01 Å². The van der Waals surface area contributed by atoms with Crippen LogP contribution in [0.2, 0.25) is 5.02 Å². The SMILES string of the molecule is Clc1cccc([C@H]2Oc3ccc(Br)cc3[C@@H]3CC(c4ccc5ccccc5c4)=NN23)c1. The average Bonchev–Trinajstić information content (AvgIpc) is 3.24. The van der Waals surface area contributed by atoms with Crippen LogP contribution in [0.1, 0.15) is 35.4 Å². The van der Waals surface area contributed by atoms with Crippen LogP contribution in [0.4, 0.5) is 0 Å². The monoisotopic (exact) mass is 488 g/mol. The number of hydrogen-bond donors (Lipinski definition) is 0. The van der Waals surface area contributed by atoms with Gasteiger partial charge in [0.1, 0.15) is 5.75 Å². The van der Waals surface area contributed by atoms with Crippen molar-refractivity contribution < 1.29 is 4.74 Å². The van der Waals surface area contributed by atoms with E-state index in [0.717, 1.165) is 39.0 Å². The molecule has 0 unspecified atom stereocenters. The lowest BCUT2D eigenvalue weighted by Gasteiger charge is -2.38. The fraction of sp³-hybridized carbons (Fsp3) is 0.115. The molecule has 4 aromatic rings. The second-order valence-corrected chi connectivity index (χ2v) is 9.27. The minimum Gasteiger partial charge on any atom is -0.464 e. The van der Waals surface area contributed by atoms with Gasteiger partial charge in [-0.05, 0) is 52.7 Å². The molecule has 0 aliphatic carbocycles. The molecule has 0 bridgehead atoms. The highest BCUT2D eigenvalue weighted by Crippen LogP contribution is 2.48. The average molecular weight is 490 g/mol. The van der Waals surface area contributed by atoms with Crippen LogP contribution in [0.3, 0.4) is 0 Å². The van der Waals surface area contributed by atoms with E-state index in [4.69, 9.17) is 21.4 Å². The zero-order valence-electron chi connectivity index (χ0n) is 16.5. The van der Waals surface area contributed by atoms with Gasteiger partial charge in [-0.15, -0.1) is 0 Å². The van der Waals surface area contributed by atoms with Crippen molar-refractivity contribution in [3.8, 4) is 5.75 Å². The zero-order valence-corrected chi connectivity index (χ0v) is 18.8. The van der Waals surface area contributed by atoms with Crippen molar-refractivity contribution in [1.29, 1.82) is 0 Å². The maximum Gasteiger partial charge on any atom is 0.213 e. The standard InChI is InChI=1S/C26H18BrClN2O/c27-20-10-11-25-22(14-20)24-15-23(18-9-8-16-4-1-2-5-17(16)12-18)29-30(24)26(31-25)19-6-3-7-21(28)13-19/h1-14,24,26H,15H2/t24-,26+/m0/s1. The molecule has 2 aliphatic heterocycles. The molecule has 4 aromatic carbocycles. The van der Waals surface area contributed by atoms with Crippen molar-refractivity contribution >= 4 is 44.0 Å². The van der Waals surface area contributed by atoms with E-state index in [1.807, 2.05) is 36.4 Å². The first-order chi connectivity index (χ1) is 15.2. The van der Waals surface area contributed by atoms with E-state index in [0.29, 0.717) is 5.02 Å². The van der Waals surface area contributed by atoms with E-state index in [2.05, 4.69) is 69.5 Å². The Balaban J connectivity index is 1.46. The van der Waals surface area contributed by atoms with E-state index < -0.39 is 0 Å². The number of nitrogens with zero attached hydrogens (tertiary/aromatic N) is 2. The lowest BCUT2D eigenvalue weighted by atomic mass is 9.95. The van der Waals surface area contributed by atoms with Gasteiger partial charge in [0.15, 0.2) is 0 Å².